The van der Waals surface area contributed by atoms with E-state index < -0.39 is 0 Å². The van der Waals surface area contributed by atoms with Crippen LogP contribution >= 0.6 is 0 Å². The Hall–Kier alpha value is -1.73. The smallest absolute Gasteiger partial charge is 0.345 e. The normalized spacial score (nSPS) is 19.0. The zero-order valence-corrected chi connectivity index (χ0v) is 13.1. The lowest BCUT2D eigenvalue weighted by atomic mass is 10.1. The number of aliphatic hydroxyl groups excluding tert-OH is 1. The monoisotopic (exact) mass is 309 g/mol. The maximum absolute atomic E-state index is 12.4. The first-order chi connectivity index (χ1) is 10.5. The number of nitrogens with one attached hydrogen (secondary N) is 1. The number of aromatic nitrogens is 2. The van der Waals surface area contributed by atoms with Crippen LogP contribution in [0.25, 0.3) is 0 Å². The Balaban J connectivity index is 1.99. The molecule has 0 spiro atoms. The molecule has 1 aromatic rings. The summed E-state index contributed by atoms with van der Waals surface area (Å²) in [4.78, 5) is 31.9. The van der Waals surface area contributed by atoms with Gasteiger partial charge in [0.25, 0.3) is 0 Å². The summed E-state index contributed by atoms with van der Waals surface area (Å²) in [5.41, 5.74) is 1.98. The highest BCUT2D eigenvalue weighted by molar-refractivity contribution is 5.76. The third kappa shape index (κ3) is 4.14. The number of rotatable bonds is 4. The van der Waals surface area contributed by atoms with E-state index in [4.69, 9.17) is 4.74 Å². The third-order valence-electron chi connectivity index (χ3n) is 3.99. The lowest BCUT2D eigenvalue weighted by molar-refractivity contribution is -0.131. The van der Waals surface area contributed by atoms with E-state index in [2.05, 4.69) is 9.97 Å². The molecule has 1 aromatic heterocycles. The van der Waals surface area contributed by atoms with Crippen molar-refractivity contribution in [3.05, 3.63) is 27.4 Å². The number of ether oxygens (including phenoxy) is 1. The summed E-state index contributed by atoms with van der Waals surface area (Å²) < 4.78 is 5.39. The third-order valence-corrected chi connectivity index (χ3v) is 3.99. The Labute approximate surface area is 129 Å². The van der Waals surface area contributed by atoms with E-state index in [9.17, 15) is 14.7 Å². The average molecular weight is 309 g/mol. The minimum Gasteiger partial charge on any atom is -0.396 e. The van der Waals surface area contributed by atoms with Crippen LogP contribution in [0.2, 0.25) is 0 Å². The molecule has 1 saturated heterocycles. The first-order valence-corrected chi connectivity index (χ1v) is 7.54. The first-order valence-electron chi connectivity index (χ1n) is 7.54. The SMILES string of the molecule is Cc1nc(=O)[nH]c(C)c1CCC(=O)N1CCOC[C@H](CO)C1. The van der Waals surface area contributed by atoms with Gasteiger partial charge < -0.3 is 19.7 Å². The van der Waals surface area contributed by atoms with E-state index in [1.165, 1.54) is 0 Å². The molecule has 2 N–H and O–H groups in total. The Morgan fingerprint density at radius 3 is 2.95 bits per heavy atom. The number of carbonyl (C=O) groups excluding carboxylic acids is 1. The van der Waals surface area contributed by atoms with E-state index in [0.29, 0.717) is 44.8 Å². The van der Waals surface area contributed by atoms with Gasteiger partial charge >= 0.3 is 5.69 Å². The molecule has 1 amide bonds. The predicted octanol–water partition coefficient (Wildman–Crippen LogP) is -0.213. The Kier molecular flexibility index (Phi) is 5.68. The van der Waals surface area contributed by atoms with Gasteiger partial charge in [-0.1, -0.05) is 0 Å². The number of nitrogens with zero attached hydrogens (tertiary/aromatic N) is 2. The fourth-order valence-corrected chi connectivity index (χ4v) is 2.73. The molecule has 2 heterocycles. The number of carbonyl (C=O) groups is 1. The van der Waals surface area contributed by atoms with Gasteiger partial charge in [-0.3, -0.25) is 4.79 Å². The van der Waals surface area contributed by atoms with Crippen molar-refractivity contribution in [3.63, 3.8) is 0 Å². The molecule has 1 fully saturated rings. The summed E-state index contributed by atoms with van der Waals surface area (Å²) in [6.45, 7) is 5.68. The van der Waals surface area contributed by atoms with Crippen LogP contribution in [0, 0.1) is 19.8 Å². The van der Waals surface area contributed by atoms with E-state index in [-0.39, 0.29) is 24.1 Å². The van der Waals surface area contributed by atoms with Crippen molar-refractivity contribution < 1.29 is 14.6 Å². The molecular weight excluding hydrogens is 286 g/mol. The van der Waals surface area contributed by atoms with Gasteiger partial charge in [0.1, 0.15) is 0 Å². The second-order valence-electron chi connectivity index (χ2n) is 5.69. The fourth-order valence-electron chi connectivity index (χ4n) is 2.73. The maximum atomic E-state index is 12.4. The van der Waals surface area contributed by atoms with Crippen LogP contribution < -0.4 is 5.69 Å². The highest BCUT2D eigenvalue weighted by Crippen LogP contribution is 2.13. The molecule has 0 radical (unpaired) electrons. The topological polar surface area (TPSA) is 95.5 Å². The molecule has 7 heteroatoms. The van der Waals surface area contributed by atoms with Crippen LogP contribution in [-0.4, -0.2) is 58.8 Å². The largest absolute Gasteiger partial charge is 0.396 e. The van der Waals surface area contributed by atoms with Crippen LogP contribution in [0.5, 0.6) is 0 Å². The lowest BCUT2D eigenvalue weighted by Crippen LogP contribution is -2.37. The van der Waals surface area contributed by atoms with Crippen LogP contribution in [0.4, 0.5) is 0 Å². The Bertz CT molecular complexity index is 558. The van der Waals surface area contributed by atoms with Gasteiger partial charge in [-0.25, -0.2) is 4.79 Å². The average Bonchev–Trinajstić information content (AvgIpc) is 2.71. The second-order valence-corrected chi connectivity index (χ2v) is 5.69. The summed E-state index contributed by atoms with van der Waals surface area (Å²) in [5, 5.41) is 9.26. The quantitative estimate of drug-likeness (QED) is 0.802. The standard InChI is InChI=1S/C15H23N3O4/c1-10-13(11(2)17-15(21)16-10)3-4-14(20)18-5-6-22-9-12(7-18)8-19/h12,19H,3-9H2,1-2H3,(H,16,17,21)/t12-/m0/s1. The fraction of sp³-hybridized carbons (Fsp3) is 0.667. The molecular formula is C15H23N3O4. The number of aliphatic hydroxyl groups is 1. The van der Waals surface area contributed by atoms with Gasteiger partial charge in [0, 0.05) is 43.4 Å². The maximum Gasteiger partial charge on any atom is 0.345 e. The van der Waals surface area contributed by atoms with Gasteiger partial charge in [-0.2, -0.15) is 4.98 Å². The van der Waals surface area contributed by atoms with Crippen molar-refractivity contribution in [2.24, 2.45) is 5.92 Å². The molecule has 0 saturated carbocycles. The summed E-state index contributed by atoms with van der Waals surface area (Å²) in [6, 6.07) is 0. The zero-order chi connectivity index (χ0) is 16.1. The molecule has 7 nitrogen and oxygen atoms in total. The summed E-state index contributed by atoms with van der Waals surface area (Å²) in [6.07, 6.45) is 0.898. The van der Waals surface area contributed by atoms with Crippen molar-refractivity contribution >= 4 is 5.91 Å². The van der Waals surface area contributed by atoms with Crippen molar-refractivity contribution in [1.82, 2.24) is 14.9 Å². The van der Waals surface area contributed by atoms with Crippen molar-refractivity contribution in [2.45, 2.75) is 26.7 Å². The number of H-pyrrole nitrogens is 1. The van der Waals surface area contributed by atoms with Crippen LogP contribution in [0.15, 0.2) is 4.79 Å². The van der Waals surface area contributed by atoms with E-state index >= 15 is 0 Å². The van der Waals surface area contributed by atoms with E-state index in [1.807, 2.05) is 6.92 Å². The van der Waals surface area contributed by atoms with Crippen molar-refractivity contribution in [2.75, 3.05) is 32.9 Å². The van der Waals surface area contributed by atoms with Gasteiger partial charge in [0.2, 0.25) is 5.91 Å². The number of hydrogen-bond donors (Lipinski definition) is 2. The second kappa shape index (κ2) is 7.51. The van der Waals surface area contributed by atoms with E-state index in [1.54, 1.807) is 11.8 Å². The van der Waals surface area contributed by atoms with Crippen LogP contribution in [0.1, 0.15) is 23.4 Å². The molecule has 0 aliphatic carbocycles. The Morgan fingerprint density at radius 2 is 2.27 bits per heavy atom. The van der Waals surface area contributed by atoms with Gasteiger partial charge in [-0.05, 0) is 25.8 Å². The highest BCUT2D eigenvalue weighted by Gasteiger charge is 2.22. The molecule has 0 aromatic carbocycles. The molecule has 2 rings (SSSR count). The molecule has 0 bridgehead atoms. The minimum atomic E-state index is -0.361. The minimum absolute atomic E-state index is 0.0197. The molecule has 0 unspecified atom stereocenters. The number of hydrogen-bond acceptors (Lipinski definition) is 5. The summed E-state index contributed by atoms with van der Waals surface area (Å²) in [7, 11) is 0. The number of aryl methyl sites for hydroxylation is 2. The molecule has 1 aliphatic heterocycles. The molecule has 22 heavy (non-hydrogen) atoms. The van der Waals surface area contributed by atoms with Crippen LogP contribution in [0.3, 0.4) is 0 Å². The lowest BCUT2D eigenvalue weighted by Gasteiger charge is -2.23. The molecule has 1 atom stereocenters. The highest BCUT2D eigenvalue weighted by atomic mass is 16.5. The van der Waals surface area contributed by atoms with Crippen molar-refractivity contribution in [3.8, 4) is 0 Å². The molecule has 122 valence electrons. The predicted molar refractivity (Wildman–Crippen MR) is 80.6 cm³/mol. The van der Waals surface area contributed by atoms with Crippen molar-refractivity contribution in [1.29, 1.82) is 0 Å². The zero-order valence-electron chi connectivity index (χ0n) is 13.1. The first kappa shape index (κ1) is 16.6. The van der Waals surface area contributed by atoms with Crippen LogP contribution in [-0.2, 0) is 16.0 Å². The molecule has 1 aliphatic rings. The van der Waals surface area contributed by atoms with Gasteiger partial charge in [-0.15, -0.1) is 0 Å². The summed E-state index contributed by atoms with van der Waals surface area (Å²) in [5.74, 6) is 0.0126. The Morgan fingerprint density at radius 1 is 1.50 bits per heavy atom. The number of aromatic amines is 1. The van der Waals surface area contributed by atoms with Gasteiger partial charge in [0.05, 0.1) is 13.2 Å². The van der Waals surface area contributed by atoms with Gasteiger partial charge in [0.15, 0.2) is 0 Å². The summed E-state index contributed by atoms with van der Waals surface area (Å²) >= 11 is 0. The number of amides is 1. The van der Waals surface area contributed by atoms with E-state index in [0.717, 1.165) is 11.3 Å².